The highest BCUT2D eigenvalue weighted by molar-refractivity contribution is 7.86. The third-order valence-electron chi connectivity index (χ3n) is 3.84. The summed E-state index contributed by atoms with van der Waals surface area (Å²) in [5, 5.41) is 4.11. The van der Waals surface area contributed by atoms with Gasteiger partial charge in [0.15, 0.2) is 0 Å². The van der Waals surface area contributed by atoms with Crippen LogP contribution < -0.4 is 5.32 Å². The second kappa shape index (κ2) is 7.44. The highest BCUT2D eigenvalue weighted by atomic mass is 32.2. The average Bonchev–Trinajstić information content (AvgIpc) is 2.27. The van der Waals surface area contributed by atoms with Gasteiger partial charge >= 0.3 is 0 Å². The molecule has 1 aliphatic rings. The van der Waals surface area contributed by atoms with Crippen LogP contribution in [0.4, 0.5) is 0 Å². The Labute approximate surface area is 103 Å². The fourth-order valence-electron chi connectivity index (χ4n) is 2.52. The topological polar surface area (TPSA) is 29.1 Å². The van der Waals surface area contributed by atoms with E-state index in [1.54, 1.807) is 0 Å². The molecule has 96 valence electrons. The molecule has 0 bridgehead atoms. The third kappa shape index (κ3) is 3.85. The molecule has 0 aromatic rings. The first kappa shape index (κ1) is 14.2. The van der Waals surface area contributed by atoms with Gasteiger partial charge in [-0.05, 0) is 26.3 Å². The quantitative estimate of drug-likeness (QED) is 0.825. The summed E-state index contributed by atoms with van der Waals surface area (Å²) in [7, 11) is 1.36. The van der Waals surface area contributed by atoms with Gasteiger partial charge in [0.1, 0.15) is 0 Å². The van der Waals surface area contributed by atoms with Gasteiger partial charge < -0.3 is 5.32 Å². The molecule has 4 unspecified atom stereocenters. The van der Waals surface area contributed by atoms with Crippen molar-refractivity contribution in [2.75, 3.05) is 7.05 Å². The van der Waals surface area contributed by atoms with E-state index >= 15 is 0 Å². The first-order chi connectivity index (χ1) is 7.70. The van der Waals surface area contributed by atoms with Crippen LogP contribution in [0.2, 0.25) is 0 Å². The first-order valence-electron chi connectivity index (χ1n) is 6.77. The molecule has 1 fully saturated rings. The molecule has 1 rings (SSSR count). The molecule has 0 aromatic heterocycles. The second-order valence-electron chi connectivity index (χ2n) is 4.97. The zero-order valence-corrected chi connectivity index (χ0v) is 11.8. The Morgan fingerprint density at radius 3 is 2.44 bits per heavy atom. The lowest BCUT2D eigenvalue weighted by Crippen LogP contribution is -2.43. The van der Waals surface area contributed by atoms with Gasteiger partial charge in [-0.25, -0.2) is 0 Å². The molecule has 4 atom stereocenters. The van der Waals surface area contributed by atoms with E-state index < -0.39 is 10.8 Å². The van der Waals surface area contributed by atoms with Gasteiger partial charge in [-0.15, -0.1) is 0 Å². The van der Waals surface area contributed by atoms with Crippen LogP contribution in [0, 0.1) is 0 Å². The maximum absolute atomic E-state index is 12.4. The molecular weight excluding hydrogens is 218 g/mol. The monoisotopic (exact) mass is 245 g/mol. The lowest BCUT2D eigenvalue weighted by atomic mass is 9.96. The summed E-state index contributed by atoms with van der Waals surface area (Å²) in [6, 6.07) is 0.468. The van der Waals surface area contributed by atoms with Crippen molar-refractivity contribution in [1.29, 1.82) is 0 Å². The number of nitrogens with one attached hydrogen (secondary N) is 1. The Bertz CT molecular complexity index is 220. The molecule has 3 heteroatoms. The van der Waals surface area contributed by atoms with Crippen molar-refractivity contribution in [3.05, 3.63) is 0 Å². The zero-order chi connectivity index (χ0) is 12.0. The zero-order valence-electron chi connectivity index (χ0n) is 11.0. The summed E-state index contributed by atoms with van der Waals surface area (Å²) in [5.74, 6) is 0. The molecule has 0 aromatic carbocycles. The van der Waals surface area contributed by atoms with Gasteiger partial charge in [0.2, 0.25) is 0 Å². The largest absolute Gasteiger partial charge is 0.316 e. The van der Waals surface area contributed by atoms with E-state index in [1.165, 1.54) is 32.1 Å². The number of hydrogen-bond acceptors (Lipinski definition) is 2. The lowest BCUT2D eigenvalue weighted by Gasteiger charge is -2.30. The SMILES string of the molecule is CCC(C)S(=O)C1CCCCCCC1NC. The predicted octanol–water partition coefficient (Wildman–Crippen LogP) is 2.84. The van der Waals surface area contributed by atoms with E-state index in [2.05, 4.69) is 19.2 Å². The van der Waals surface area contributed by atoms with Gasteiger partial charge in [-0.2, -0.15) is 0 Å². The van der Waals surface area contributed by atoms with E-state index in [-0.39, 0.29) is 0 Å². The van der Waals surface area contributed by atoms with Crippen molar-refractivity contribution in [2.24, 2.45) is 0 Å². The van der Waals surface area contributed by atoms with Crippen molar-refractivity contribution < 1.29 is 4.21 Å². The average molecular weight is 245 g/mol. The Kier molecular flexibility index (Phi) is 6.59. The molecule has 0 aliphatic heterocycles. The maximum Gasteiger partial charge on any atom is 0.0503 e. The molecular formula is C13H27NOS. The summed E-state index contributed by atoms with van der Waals surface area (Å²) in [5.41, 5.74) is 0. The fourth-order valence-corrected chi connectivity index (χ4v) is 4.44. The van der Waals surface area contributed by atoms with Crippen molar-refractivity contribution >= 4 is 10.8 Å². The predicted molar refractivity (Wildman–Crippen MR) is 72.2 cm³/mol. The van der Waals surface area contributed by atoms with Crippen LogP contribution in [0.15, 0.2) is 0 Å². The molecule has 16 heavy (non-hydrogen) atoms. The van der Waals surface area contributed by atoms with E-state index in [1.807, 2.05) is 7.05 Å². The Morgan fingerprint density at radius 2 is 1.88 bits per heavy atom. The normalized spacial score (nSPS) is 31.4. The molecule has 0 saturated heterocycles. The minimum atomic E-state index is -0.663. The molecule has 0 amide bonds. The van der Waals surface area contributed by atoms with E-state index in [4.69, 9.17) is 0 Å². The van der Waals surface area contributed by atoms with Crippen molar-refractivity contribution in [3.8, 4) is 0 Å². The number of rotatable bonds is 4. The summed E-state index contributed by atoms with van der Waals surface area (Å²) < 4.78 is 12.4. The summed E-state index contributed by atoms with van der Waals surface area (Å²) in [6.07, 6.45) is 8.58. The molecule has 1 saturated carbocycles. The van der Waals surface area contributed by atoms with E-state index in [0.717, 1.165) is 12.8 Å². The third-order valence-corrected chi connectivity index (χ3v) is 6.13. The van der Waals surface area contributed by atoms with Crippen molar-refractivity contribution in [1.82, 2.24) is 5.32 Å². The van der Waals surface area contributed by atoms with Crippen molar-refractivity contribution in [2.45, 2.75) is 75.3 Å². The van der Waals surface area contributed by atoms with Gasteiger partial charge in [0, 0.05) is 22.1 Å². The molecule has 0 heterocycles. The van der Waals surface area contributed by atoms with Crippen LogP contribution in [0.3, 0.4) is 0 Å². The van der Waals surface area contributed by atoms with Crippen LogP contribution in [-0.2, 0) is 10.8 Å². The standard InChI is InChI=1S/C13H27NOS/c1-4-11(2)16(15)13-10-8-6-5-7-9-12(13)14-3/h11-14H,4-10H2,1-3H3. The minimum Gasteiger partial charge on any atom is -0.316 e. The lowest BCUT2D eigenvalue weighted by molar-refractivity contribution is 0.413. The van der Waals surface area contributed by atoms with Gasteiger partial charge in [-0.1, -0.05) is 39.5 Å². The van der Waals surface area contributed by atoms with Crippen LogP contribution in [-0.4, -0.2) is 27.8 Å². The molecule has 2 nitrogen and oxygen atoms in total. The van der Waals surface area contributed by atoms with E-state index in [9.17, 15) is 4.21 Å². The van der Waals surface area contributed by atoms with Crippen molar-refractivity contribution in [3.63, 3.8) is 0 Å². The summed E-state index contributed by atoms with van der Waals surface area (Å²) in [4.78, 5) is 0. The van der Waals surface area contributed by atoms with Gasteiger partial charge in [0.05, 0.1) is 5.25 Å². The highest BCUT2D eigenvalue weighted by Gasteiger charge is 2.28. The Balaban J connectivity index is 2.66. The maximum atomic E-state index is 12.4. The Morgan fingerprint density at radius 1 is 1.25 bits per heavy atom. The minimum absolute atomic E-state index is 0.347. The molecule has 0 spiro atoms. The molecule has 1 N–H and O–H groups in total. The van der Waals surface area contributed by atoms with Crippen LogP contribution >= 0.6 is 0 Å². The van der Waals surface area contributed by atoms with Crippen LogP contribution in [0.25, 0.3) is 0 Å². The molecule has 0 radical (unpaired) electrons. The first-order valence-corrected chi connectivity index (χ1v) is 8.05. The smallest absolute Gasteiger partial charge is 0.0503 e. The molecule has 1 aliphatic carbocycles. The Hall–Kier alpha value is 0.110. The van der Waals surface area contributed by atoms with Gasteiger partial charge in [-0.3, -0.25) is 4.21 Å². The number of hydrogen-bond donors (Lipinski definition) is 1. The van der Waals surface area contributed by atoms with Gasteiger partial charge in [0.25, 0.3) is 0 Å². The van der Waals surface area contributed by atoms with Crippen LogP contribution in [0.5, 0.6) is 0 Å². The van der Waals surface area contributed by atoms with E-state index in [0.29, 0.717) is 16.5 Å². The fraction of sp³-hybridized carbons (Fsp3) is 1.00. The van der Waals surface area contributed by atoms with Crippen LogP contribution in [0.1, 0.15) is 58.8 Å². The highest BCUT2D eigenvalue weighted by Crippen LogP contribution is 2.23. The summed E-state index contributed by atoms with van der Waals surface area (Å²) >= 11 is 0. The second-order valence-corrected chi connectivity index (χ2v) is 7.04. The summed E-state index contributed by atoms with van der Waals surface area (Å²) in [6.45, 7) is 4.27.